The Hall–Kier alpha value is -1.06. The van der Waals surface area contributed by atoms with E-state index in [1.807, 2.05) is 12.1 Å². The lowest BCUT2D eigenvalue weighted by atomic mass is 9.84. The van der Waals surface area contributed by atoms with E-state index in [1.54, 1.807) is 12.1 Å². The molecule has 2 atom stereocenters. The van der Waals surface area contributed by atoms with Crippen molar-refractivity contribution < 1.29 is 9.53 Å². The normalized spacial score (nSPS) is 26.1. The van der Waals surface area contributed by atoms with Crippen molar-refractivity contribution in [3.63, 3.8) is 0 Å². The summed E-state index contributed by atoms with van der Waals surface area (Å²) in [5.41, 5.74) is 0.468. The molecule has 2 saturated heterocycles. The van der Waals surface area contributed by atoms with Crippen LogP contribution in [0.2, 0.25) is 5.02 Å². The zero-order valence-corrected chi connectivity index (χ0v) is 13.0. The number of hydrogen-bond donors (Lipinski definition) is 0. The summed E-state index contributed by atoms with van der Waals surface area (Å²) in [4.78, 5) is 14.7. The van der Waals surface area contributed by atoms with Gasteiger partial charge in [-0.1, -0.05) is 30.2 Å². The van der Waals surface area contributed by atoms with E-state index in [0.29, 0.717) is 29.2 Å². The lowest BCUT2D eigenvalue weighted by Gasteiger charge is -2.44. The van der Waals surface area contributed by atoms with Crippen molar-refractivity contribution in [3.05, 3.63) is 34.9 Å². The molecule has 0 radical (unpaired) electrons. The number of piperidine rings is 2. The highest BCUT2D eigenvalue weighted by atomic mass is 35.5. The van der Waals surface area contributed by atoms with Crippen molar-refractivity contribution in [1.82, 2.24) is 4.90 Å². The van der Waals surface area contributed by atoms with Crippen LogP contribution in [0.15, 0.2) is 24.3 Å². The summed E-state index contributed by atoms with van der Waals surface area (Å²) >= 11 is 6.04. The van der Waals surface area contributed by atoms with Crippen LogP contribution < -0.4 is 0 Å². The largest absolute Gasteiger partial charge is 0.462 e. The summed E-state index contributed by atoms with van der Waals surface area (Å²) in [6.07, 6.45) is 6.23. The first-order valence-electron chi connectivity index (χ1n) is 7.91. The summed E-state index contributed by atoms with van der Waals surface area (Å²) in [6, 6.07) is 7.68. The molecule has 0 unspecified atom stereocenters. The number of nitrogens with zero attached hydrogens (tertiary/aromatic N) is 1. The zero-order valence-electron chi connectivity index (χ0n) is 12.3. The second kappa shape index (κ2) is 6.80. The lowest BCUT2D eigenvalue weighted by Crippen LogP contribution is -2.49. The highest BCUT2D eigenvalue weighted by Gasteiger charge is 2.33. The molecule has 21 heavy (non-hydrogen) atoms. The van der Waals surface area contributed by atoms with Crippen LogP contribution in [-0.2, 0) is 4.74 Å². The van der Waals surface area contributed by atoms with E-state index < -0.39 is 0 Å². The van der Waals surface area contributed by atoms with E-state index in [4.69, 9.17) is 16.3 Å². The second-order valence-electron chi connectivity index (χ2n) is 6.08. The standard InChI is InChI=1S/C17H22ClNO2/c18-15-8-2-1-7-14(15)17(20)21-12-13-6-5-11-19-10-4-3-9-16(13)19/h1-2,7-8,13,16H,3-6,9-12H2/t13-,16+/m0/s1. The molecular weight excluding hydrogens is 286 g/mol. The third kappa shape index (κ3) is 3.41. The number of halogens is 1. The van der Waals surface area contributed by atoms with E-state index in [0.717, 1.165) is 6.42 Å². The number of benzene rings is 1. The zero-order chi connectivity index (χ0) is 14.7. The number of rotatable bonds is 3. The molecule has 0 N–H and O–H groups in total. The van der Waals surface area contributed by atoms with Gasteiger partial charge in [0.15, 0.2) is 0 Å². The van der Waals surface area contributed by atoms with E-state index in [2.05, 4.69) is 4.90 Å². The van der Waals surface area contributed by atoms with Crippen molar-refractivity contribution in [1.29, 1.82) is 0 Å². The minimum atomic E-state index is -0.298. The predicted molar refractivity (Wildman–Crippen MR) is 83.7 cm³/mol. The molecule has 0 amide bonds. The molecule has 0 spiro atoms. The van der Waals surface area contributed by atoms with Gasteiger partial charge in [0.05, 0.1) is 17.2 Å². The Morgan fingerprint density at radius 3 is 2.86 bits per heavy atom. The van der Waals surface area contributed by atoms with Gasteiger partial charge in [0.2, 0.25) is 0 Å². The molecule has 2 fully saturated rings. The molecule has 0 bridgehead atoms. The van der Waals surface area contributed by atoms with Gasteiger partial charge in [0.1, 0.15) is 0 Å². The van der Waals surface area contributed by atoms with Crippen LogP contribution >= 0.6 is 11.6 Å². The van der Waals surface area contributed by atoms with E-state index in [-0.39, 0.29) is 5.97 Å². The number of carbonyl (C=O) groups is 1. The quantitative estimate of drug-likeness (QED) is 0.796. The van der Waals surface area contributed by atoms with Crippen molar-refractivity contribution in [3.8, 4) is 0 Å². The summed E-state index contributed by atoms with van der Waals surface area (Å²) in [5, 5.41) is 0.463. The molecule has 1 aromatic rings. The number of ether oxygens (including phenoxy) is 1. The summed E-state index contributed by atoms with van der Waals surface area (Å²) in [5.74, 6) is 0.180. The fourth-order valence-corrected chi connectivity index (χ4v) is 3.87. The second-order valence-corrected chi connectivity index (χ2v) is 6.49. The Bertz CT molecular complexity index is 503. The Morgan fingerprint density at radius 2 is 2.00 bits per heavy atom. The van der Waals surface area contributed by atoms with Gasteiger partial charge in [-0.25, -0.2) is 4.79 Å². The smallest absolute Gasteiger partial charge is 0.339 e. The van der Waals surface area contributed by atoms with Crippen LogP contribution in [0.5, 0.6) is 0 Å². The molecular formula is C17H22ClNO2. The summed E-state index contributed by atoms with van der Waals surface area (Å²) in [6.45, 7) is 2.93. The van der Waals surface area contributed by atoms with Crippen LogP contribution in [0, 0.1) is 5.92 Å². The number of esters is 1. The number of hydrogen-bond acceptors (Lipinski definition) is 3. The SMILES string of the molecule is O=C(OC[C@@H]1CCCN2CCCC[C@H]12)c1ccccc1Cl. The molecule has 4 heteroatoms. The van der Waals surface area contributed by atoms with Gasteiger partial charge in [-0.3, -0.25) is 4.90 Å². The Morgan fingerprint density at radius 1 is 1.19 bits per heavy atom. The topological polar surface area (TPSA) is 29.5 Å². The van der Waals surface area contributed by atoms with Crippen LogP contribution in [0.25, 0.3) is 0 Å². The first-order chi connectivity index (χ1) is 10.3. The Labute approximate surface area is 131 Å². The van der Waals surface area contributed by atoms with Gasteiger partial charge in [-0.2, -0.15) is 0 Å². The van der Waals surface area contributed by atoms with Gasteiger partial charge in [0, 0.05) is 12.0 Å². The molecule has 2 aliphatic rings. The van der Waals surface area contributed by atoms with Crippen LogP contribution in [-0.4, -0.2) is 36.6 Å². The monoisotopic (exact) mass is 307 g/mol. The number of fused-ring (bicyclic) bond motifs is 1. The predicted octanol–water partition coefficient (Wildman–Crippen LogP) is 3.76. The van der Waals surface area contributed by atoms with Crippen LogP contribution in [0.1, 0.15) is 42.5 Å². The van der Waals surface area contributed by atoms with E-state index >= 15 is 0 Å². The minimum Gasteiger partial charge on any atom is -0.462 e. The first-order valence-corrected chi connectivity index (χ1v) is 8.29. The molecule has 0 aromatic heterocycles. The highest BCUT2D eigenvalue weighted by Crippen LogP contribution is 2.31. The van der Waals surface area contributed by atoms with Gasteiger partial charge in [-0.05, 0) is 50.9 Å². The summed E-state index contributed by atoms with van der Waals surface area (Å²) in [7, 11) is 0. The third-order valence-electron chi connectivity index (χ3n) is 4.75. The molecule has 0 saturated carbocycles. The first kappa shape index (κ1) is 14.9. The van der Waals surface area contributed by atoms with Gasteiger partial charge < -0.3 is 4.74 Å². The average Bonchev–Trinajstić information content (AvgIpc) is 2.53. The van der Waals surface area contributed by atoms with Crippen molar-refractivity contribution in [2.24, 2.45) is 5.92 Å². The molecule has 2 aliphatic heterocycles. The third-order valence-corrected chi connectivity index (χ3v) is 5.08. The molecule has 3 rings (SSSR count). The van der Waals surface area contributed by atoms with Gasteiger partial charge in [0.25, 0.3) is 0 Å². The fourth-order valence-electron chi connectivity index (χ4n) is 3.66. The number of carbonyl (C=O) groups excluding carboxylic acids is 1. The molecule has 114 valence electrons. The lowest BCUT2D eigenvalue weighted by molar-refractivity contribution is 0.00740. The van der Waals surface area contributed by atoms with Crippen molar-refractivity contribution in [2.45, 2.75) is 38.1 Å². The maximum atomic E-state index is 12.1. The molecule has 2 heterocycles. The minimum absolute atomic E-state index is 0.298. The van der Waals surface area contributed by atoms with E-state index in [9.17, 15) is 4.79 Å². The Balaban J connectivity index is 1.59. The van der Waals surface area contributed by atoms with Crippen LogP contribution in [0.3, 0.4) is 0 Å². The average molecular weight is 308 g/mol. The maximum absolute atomic E-state index is 12.1. The van der Waals surface area contributed by atoms with Crippen molar-refractivity contribution >= 4 is 17.6 Å². The summed E-state index contributed by atoms with van der Waals surface area (Å²) < 4.78 is 5.55. The molecule has 0 aliphatic carbocycles. The Kier molecular flexibility index (Phi) is 4.81. The maximum Gasteiger partial charge on any atom is 0.339 e. The van der Waals surface area contributed by atoms with Crippen molar-refractivity contribution in [2.75, 3.05) is 19.7 Å². The van der Waals surface area contributed by atoms with Gasteiger partial charge >= 0.3 is 5.97 Å². The fraction of sp³-hybridized carbons (Fsp3) is 0.588. The molecule has 1 aromatic carbocycles. The highest BCUT2D eigenvalue weighted by molar-refractivity contribution is 6.33. The molecule has 3 nitrogen and oxygen atoms in total. The van der Waals surface area contributed by atoms with Crippen LogP contribution in [0.4, 0.5) is 0 Å². The van der Waals surface area contributed by atoms with Gasteiger partial charge in [-0.15, -0.1) is 0 Å². The van der Waals surface area contributed by atoms with E-state index in [1.165, 1.54) is 38.8 Å².